The summed E-state index contributed by atoms with van der Waals surface area (Å²) in [6.45, 7) is 7.21. The van der Waals surface area contributed by atoms with E-state index in [0.717, 1.165) is 37.3 Å². The molecule has 39 heavy (non-hydrogen) atoms. The van der Waals surface area contributed by atoms with Crippen molar-refractivity contribution in [2.75, 3.05) is 77.7 Å². The number of likely N-dealkylation sites (tertiary alicyclic amines) is 1. The first-order chi connectivity index (χ1) is 19.1. The predicted octanol–water partition coefficient (Wildman–Crippen LogP) is 0.704. The molecule has 3 aliphatic heterocycles. The summed E-state index contributed by atoms with van der Waals surface area (Å²) in [5.74, 6) is 1.34. The number of para-hydroxylation sites is 2. The van der Waals surface area contributed by atoms with E-state index >= 15 is 0 Å². The van der Waals surface area contributed by atoms with Gasteiger partial charge in [-0.25, -0.2) is 9.55 Å². The number of hydrogen-bond acceptors (Lipinski definition) is 10. The highest BCUT2D eigenvalue weighted by Gasteiger charge is 2.38. The highest BCUT2D eigenvalue weighted by molar-refractivity contribution is 5.97. The van der Waals surface area contributed by atoms with Gasteiger partial charge < -0.3 is 28.6 Å². The van der Waals surface area contributed by atoms with Crippen LogP contribution in [-0.2, 0) is 16.5 Å². The van der Waals surface area contributed by atoms with Gasteiger partial charge in [0.15, 0.2) is 17.0 Å². The van der Waals surface area contributed by atoms with E-state index in [2.05, 4.69) is 14.8 Å². The number of ether oxygens (including phenoxy) is 3. The second kappa shape index (κ2) is 9.74. The molecule has 0 unspecified atom stereocenters. The lowest BCUT2D eigenvalue weighted by molar-refractivity contribution is -0.0260. The van der Waals surface area contributed by atoms with Crippen LogP contribution in [0.1, 0.15) is 10.6 Å². The van der Waals surface area contributed by atoms with Crippen LogP contribution in [0.2, 0.25) is 0 Å². The minimum atomic E-state index is -0.0971. The zero-order valence-corrected chi connectivity index (χ0v) is 22.1. The number of rotatable bonds is 5. The lowest BCUT2D eigenvalue weighted by Crippen LogP contribution is -2.63. The number of aromatic nitrogens is 6. The van der Waals surface area contributed by atoms with E-state index in [-0.39, 0.29) is 5.91 Å². The Bertz CT molecular complexity index is 1530. The molecular weight excluding hydrogens is 502 g/mol. The van der Waals surface area contributed by atoms with Crippen LogP contribution in [0, 0.1) is 0 Å². The fraction of sp³-hybridized carbons (Fsp3) is 0.500. The normalized spacial score (nSPS) is 19.1. The molecule has 0 aliphatic carbocycles. The number of methoxy groups -OCH3 is 1. The summed E-state index contributed by atoms with van der Waals surface area (Å²) in [6.07, 6.45) is 0. The lowest BCUT2D eigenvalue weighted by Gasteiger charge is -2.46. The molecule has 3 fully saturated rings. The number of anilines is 1. The molecular formula is C26H31N9O4. The van der Waals surface area contributed by atoms with Crippen LogP contribution in [0.4, 0.5) is 5.82 Å². The van der Waals surface area contributed by atoms with E-state index in [1.54, 1.807) is 16.2 Å². The monoisotopic (exact) mass is 533 g/mol. The molecule has 7 rings (SSSR count). The van der Waals surface area contributed by atoms with E-state index in [4.69, 9.17) is 29.2 Å². The molecule has 3 aromatic heterocycles. The van der Waals surface area contributed by atoms with Gasteiger partial charge in [-0.05, 0) is 12.1 Å². The maximum Gasteiger partial charge on any atom is 0.304 e. The first kappa shape index (κ1) is 24.2. The maximum atomic E-state index is 13.6. The van der Waals surface area contributed by atoms with Crippen LogP contribution in [0.3, 0.4) is 0 Å². The Morgan fingerprint density at radius 2 is 1.67 bits per heavy atom. The number of morpholine rings is 2. The van der Waals surface area contributed by atoms with Gasteiger partial charge in [0.1, 0.15) is 0 Å². The van der Waals surface area contributed by atoms with Crippen molar-refractivity contribution in [3.63, 3.8) is 0 Å². The van der Waals surface area contributed by atoms with E-state index in [1.165, 1.54) is 0 Å². The highest BCUT2D eigenvalue weighted by atomic mass is 16.5. The van der Waals surface area contributed by atoms with Crippen molar-refractivity contribution in [3.05, 3.63) is 30.1 Å². The van der Waals surface area contributed by atoms with Crippen LogP contribution >= 0.6 is 0 Å². The van der Waals surface area contributed by atoms with Gasteiger partial charge in [-0.2, -0.15) is 15.0 Å². The molecule has 0 spiro atoms. The van der Waals surface area contributed by atoms with Gasteiger partial charge in [0.2, 0.25) is 11.8 Å². The van der Waals surface area contributed by atoms with Gasteiger partial charge in [-0.15, -0.1) is 0 Å². The van der Waals surface area contributed by atoms with E-state index < -0.39 is 0 Å². The molecule has 13 nitrogen and oxygen atoms in total. The average Bonchev–Trinajstić information content (AvgIpc) is 3.50. The van der Waals surface area contributed by atoms with Gasteiger partial charge in [0.25, 0.3) is 5.91 Å². The van der Waals surface area contributed by atoms with Crippen molar-refractivity contribution >= 4 is 33.9 Å². The molecule has 0 N–H and O–H groups in total. The van der Waals surface area contributed by atoms with Crippen molar-refractivity contribution in [1.29, 1.82) is 0 Å². The minimum absolute atomic E-state index is 0.0971. The summed E-state index contributed by atoms with van der Waals surface area (Å²) in [6, 6.07) is 8.51. The van der Waals surface area contributed by atoms with Crippen LogP contribution in [-0.4, -0.2) is 124 Å². The third-order valence-electron chi connectivity index (χ3n) is 7.81. The molecule has 204 valence electrons. The maximum absolute atomic E-state index is 13.6. The number of carbonyl (C=O) groups is 1. The first-order valence-corrected chi connectivity index (χ1v) is 13.3. The topological polar surface area (TPSA) is 116 Å². The number of nitrogens with zero attached hydrogens (tertiary/aromatic N) is 9. The Kier molecular flexibility index (Phi) is 6.05. The number of hydrogen-bond donors (Lipinski definition) is 0. The second-order valence-electron chi connectivity index (χ2n) is 10.0. The Morgan fingerprint density at radius 1 is 0.949 bits per heavy atom. The van der Waals surface area contributed by atoms with Gasteiger partial charge in [-0.3, -0.25) is 9.69 Å². The molecule has 0 radical (unpaired) electrons. The molecule has 3 aliphatic rings. The SMILES string of the molecule is COc1nc2ccccc2n1-c1nc(N2CCOCC2)c2nc(C(=O)N3CC(N4CCOCC4)C3)n(C)c2n1. The quantitative estimate of drug-likeness (QED) is 0.363. The Balaban J connectivity index is 1.29. The molecule has 0 saturated carbocycles. The van der Waals surface area contributed by atoms with Crippen LogP contribution in [0.5, 0.6) is 6.01 Å². The summed E-state index contributed by atoms with van der Waals surface area (Å²) in [5.41, 5.74) is 2.78. The smallest absolute Gasteiger partial charge is 0.304 e. The molecule has 4 aromatic rings. The Labute approximate surface area is 224 Å². The standard InChI is InChI=1S/C26H31N9O4/c1-31-21-20(28-23(31)24(36)34-15-17(16-34)32-7-11-38-12-8-32)22(33-9-13-39-14-10-33)30-25(29-21)35-19-6-4-3-5-18(19)27-26(35)37-2/h3-6,17H,7-16H2,1-2H3. The van der Waals surface area contributed by atoms with Gasteiger partial charge in [0, 0.05) is 52.4 Å². The zero-order chi connectivity index (χ0) is 26.5. The predicted molar refractivity (Wildman–Crippen MR) is 143 cm³/mol. The van der Waals surface area contributed by atoms with Crippen molar-refractivity contribution in [1.82, 2.24) is 38.9 Å². The number of carbonyl (C=O) groups excluding carboxylic acids is 1. The Morgan fingerprint density at radius 3 is 2.41 bits per heavy atom. The van der Waals surface area contributed by atoms with Crippen molar-refractivity contribution in [3.8, 4) is 12.0 Å². The van der Waals surface area contributed by atoms with E-state index in [9.17, 15) is 4.79 Å². The lowest BCUT2D eigenvalue weighted by atomic mass is 10.1. The van der Waals surface area contributed by atoms with Crippen molar-refractivity contribution in [2.24, 2.45) is 7.05 Å². The summed E-state index contributed by atoms with van der Waals surface area (Å²) < 4.78 is 20.3. The molecule has 3 saturated heterocycles. The minimum Gasteiger partial charge on any atom is -0.468 e. The molecule has 6 heterocycles. The summed E-state index contributed by atoms with van der Waals surface area (Å²) in [7, 11) is 3.42. The fourth-order valence-corrected chi connectivity index (χ4v) is 5.59. The third kappa shape index (κ3) is 4.08. The molecule has 13 heteroatoms. The molecule has 0 bridgehead atoms. The number of amides is 1. The van der Waals surface area contributed by atoms with Gasteiger partial charge in [-0.1, -0.05) is 12.1 Å². The van der Waals surface area contributed by atoms with Crippen molar-refractivity contribution in [2.45, 2.75) is 6.04 Å². The van der Waals surface area contributed by atoms with Crippen LogP contribution in [0.25, 0.3) is 28.1 Å². The highest BCUT2D eigenvalue weighted by Crippen LogP contribution is 2.30. The summed E-state index contributed by atoms with van der Waals surface area (Å²) >= 11 is 0. The number of imidazole rings is 2. The van der Waals surface area contributed by atoms with Crippen LogP contribution < -0.4 is 9.64 Å². The summed E-state index contributed by atoms with van der Waals surface area (Å²) in [5, 5.41) is 0. The number of fused-ring (bicyclic) bond motifs is 2. The number of benzene rings is 1. The summed E-state index contributed by atoms with van der Waals surface area (Å²) in [4.78, 5) is 39.3. The van der Waals surface area contributed by atoms with Gasteiger partial charge in [0.05, 0.1) is 44.6 Å². The molecule has 1 aromatic carbocycles. The largest absolute Gasteiger partial charge is 0.468 e. The first-order valence-electron chi connectivity index (χ1n) is 13.3. The number of aryl methyl sites for hydroxylation is 1. The zero-order valence-electron chi connectivity index (χ0n) is 22.1. The fourth-order valence-electron chi connectivity index (χ4n) is 5.59. The molecule has 1 amide bonds. The van der Waals surface area contributed by atoms with E-state index in [1.807, 2.05) is 36.2 Å². The molecule has 0 atom stereocenters. The second-order valence-corrected chi connectivity index (χ2v) is 10.0. The van der Waals surface area contributed by atoms with Crippen molar-refractivity contribution < 1.29 is 19.0 Å². The Hall–Kier alpha value is -3.81. The van der Waals surface area contributed by atoms with E-state index in [0.29, 0.717) is 80.2 Å². The van der Waals surface area contributed by atoms with Crippen LogP contribution in [0.15, 0.2) is 24.3 Å². The van der Waals surface area contributed by atoms with Gasteiger partial charge >= 0.3 is 6.01 Å². The average molecular weight is 534 g/mol. The third-order valence-corrected chi connectivity index (χ3v) is 7.81.